The number of carbonyl (C=O) groups is 2. The summed E-state index contributed by atoms with van der Waals surface area (Å²) >= 11 is 13.1. The van der Waals surface area contributed by atoms with Gasteiger partial charge in [-0.1, -0.05) is 41.0 Å². The van der Waals surface area contributed by atoms with E-state index in [-0.39, 0.29) is 24.2 Å². The number of hydrogen-bond acceptors (Lipinski definition) is 6. The highest BCUT2D eigenvalue weighted by atomic mass is 35.5. The lowest BCUT2D eigenvalue weighted by molar-refractivity contribution is -0.131. The SMILES string of the molecule is CN(CC(=O)Nc1c(Cl)cccc1Cl)C(=O)CSc1n[nH]c(N)n1. The van der Waals surface area contributed by atoms with Crippen LogP contribution in [-0.2, 0) is 9.59 Å². The van der Waals surface area contributed by atoms with Crippen LogP contribution in [0.1, 0.15) is 0 Å². The van der Waals surface area contributed by atoms with Crippen LogP contribution in [0, 0.1) is 0 Å². The first-order valence-electron chi connectivity index (χ1n) is 6.65. The van der Waals surface area contributed by atoms with Gasteiger partial charge >= 0.3 is 0 Å². The molecule has 2 amide bonds. The minimum absolute atomic E-state index is 0.0773. The van der Waals surface area contributed by atoms with Gasteiger partial charge in [0, 0.05) is 7.05 Å². The van der Waals surface area contributed by atoms with Crippen LogP contribution in [-0.4, -0.2) is 51.2 Å². The molecule has 2 rings (SSSR count). The minimum atomic E-state index is -0.409. The Kier molecular flexibility index (Phi) is 6.29. The molecule has 0 radical (unpaired) electrons. The van der Waals surface area contributed by atoms with Gasteiger partial charge in [-0.2, -0.15) is 4.98 Å². The topological polar surface area (TPSA) is 117 Å². The number of thioether (sulfide) groups is 1. The quantitative estimate of drug-likeness (QED) is 0.650. The third-order valence-corrected chi connectivity index (χ3v) is 4.30. The lowest BCUT2D eigenvalue weighted by atomic mass is 10.3. The molecule has 11 heteroatoms. The van der Waals surface area contributed by atoms with Crippen molar-refractivity contribution in [1.29, 1.82) is 0 Å². The van der Waals surface area contributed by atoms with E-state index in [1.165, 1.54) is 11.9 Å². The molecular weight excluding hydrogens is 375 g/mol. The number of nitrogen functional groups attached to an aromatic ring is 1. The smallest absolute Gasteiger partial charge is 0.244 e. The van der Waals surface area contributed by atoms with E-state index in [2.05, 4.69) is 20.5 Å². The molecule has 4 N–H and O–H groups in total. The first kappa shape index (κ1) is 18.4. The third kappa shape index (κ3) is 5.02. The molecule has 0 aliphatic rings. The zero-order valence-electron chi connectivity index (χ0n) is 12.5. The number of amides is 2. The van der Waals surface area contributed by atoms with E-state index >= 15 is 0 Å². The first-order chi connectivity index (χ1) is 11.4. The van der Waals surface area contributed by atoms with E-state index in [1.54, 1.807) is 18.2 Å². The van der Waals surface area contributed by atoms with E-state index in [9.17, 15) is 9.59 Å². The molecule has 0 saturated heterocycles. The number of aromatic amines is 1. The number of benzene rings is 1. The number of para-hydroxylation sites is 1. The maximum atomic E-state index is 12.0. The van der Waals surface area contributed by atoms with Gasteiger partial charge in [0.15, 0.2) is 0 Å². The Morgan fingerprint density at radius 1 is 1.38 bits per heavy atom. The molecule has 1 aromatic carbocycles. The summed E-state index contributed by atoms with van der Waals surface area (Å²) in [5, 5.41) is 9.88. The molecule has 128 valence electrons. The summed E-state index contributed by atoms with van der Waals surface area (Å²) in [6, 6.07) is 4.89. The van der Waals surface area contributed by atoms with Gasteiger partial charge in [-0.25, -0.2) is 5.10 Å². The van der Waals surface area contributed by atoms with Gasteiger partial charge in [0.1, 0.15) is 0 Å². The molecule has 0 spiro atoms. The number of nitrogens with two attached hydrogens (primary N) is 1. The first-order valence-corrected chi connectivity index (χ1v) is 8.39. The zero-order chi connectivity index (χ0) is 17.7. The van der Waals surface area contributed by atoms with Crippen molar-refractivity contribution in [3.05, 3.63) is 28.2 Å². The van der Waals surface area contributed by atoms with Crippen LogP contribution in [0.2, 0.25) is 10.0 Å². The van der Waals surface area contributed by atoms with Crippen molar-refractivity contribution in [2.24, 2.45) is 0 Å². The third-order valence-electron chi connectivity index (χ3n) is 2.84. The molecule has 24 heavy (non-hydrogen) atoms. The molecule has 0 unspecified atom stereocenters. The van der Waals surface area contributed by atoms with Crippen molar-refractivity contribution in [2.75, 3.05) is 30.4 Å². The number of nitrogens with zero attached hydrogens (tertiary/aromatic N) is 3. The summed E-state index contributed by atoms with van der Waals surface area (Å²) < 4.78 is 0. The molecule has 1 aromatic heterocycles. The Morgan fingerprint density at radius 3 is 2.62 bits per heavy atom. The van der Waals surface area contributed by atoms with E-state index in [0.29, 0.717) is 20.9 Å². The normalized spacial score (nSPS) is 10.5. The standard InChI is InChI=1S/C13H14Cl2N6O2S/c1-21(10(23)6-24-13-18-12(16)19-20-13)5-9(22)17-11-7(14)3-2-4-8(11)15/h2-4H,5-6H2,1H3,(H,17,22)(H3,16,18,19,20). The van der Waals surface area contributed by atoms with Gasteiger partial charge in [-0.15, -0.1) is 5.10 Å². The van der Waals surface area contributed by atoms with E-state index in [0.717, 1.165) is 11.8 Å². The highest BCUT2D eigenvalue weighted by Crippen LogP contribution is 2.29. The number of aromatic nitrogens is 3. The summed E-state index contributed by atoms with van der Waals surface area (Å²) in [7, 11) is 1.52. The molecule has 2 aromatic rings. The highest BCUT2D eigenvalue weighted by molar-refractivity contribution is 7.99. The summed E-state index contributed by atoms with van der Waals surface area (Å²) in [5.74, 6) is -0.417. The van der Waals surface area contributed by atoms with Crippen LogP contribution < -0.4 is 11.1 Å². The maximum Gasteiger partial charge on any atom is 0.244 e. The fraction of sp³-hybridized carbons (Fsp3) is 0.231. The second-order valence-corrected chi connectivity index (χ2v) is 6.44. The molecule has 1 heterocycles. The van der Waals surface area contributed by atoms with Crippen LogP contribution in [0.3, 0.4) is 0 Å². The number of H-pyrrole nitrogens is 1. The fourth-order valence-electron chi connectivity index (χ4n) is 1.66. The van der Waals surface area contributed by atoms with E-state index < -0.39 is 5.91 Å². The van der Waals surface area contributed by atoms with Crippen molar-refractivity contribution in [1.82, 2.24) is 20.1 Å². The van der Waals surface area contributed by atoms with Gasteiger partial charge in [0.2, 0.25) is 22.9 Å². The van der Waals surface area contributed by atoms with Crippen LogP contribution >= 0.6 is 35.0 Å². The molecular formula is C13H14Cl2N6O2S. The minimum Gasteiger partial charge on any atom is -0.368 e. The van der Waals surface area contributed by atoms with Gasteiger partial charge in [-0.3, -0.25) is 9.59 Å². The molecule has 0 saturated carbocycles. The Bertz CT molecular complexity index is 734. The van der Waals surface area contributed by atoms with Crippen molar-refractivity contribution in [3.63, 3.8) is 0 Å². The Morgan fingerprint density at radius 2 is 2.04 bits per heavy atom. The van der Waals surface area contributed by atoms with Crippen molar-refractivity contribution >= 4 is 58.4 Å². The predicted octanol–water partition coefficient (Wildman–Crippen LogP) is 1.88. The number of rotatable bonds is 6. The number of anilines is 2. The average Bonchev–Trinajstić information content (AvgIpc) is 2.94. The lowest BCUT2D eigenvalue weighted by Gasteiger charge is -2.17. The molecule has 0 atom stereocenters. The van der Waals surface area contributed by atoms with Crippen LogP contribution in [0.4, 0.5) is 11.6 Å². The zero-order valence-corrected chi connectivity index (χ0v) is 14.9. The number of halogens is 2. The van der Waals surface area contributed by atoms with E-state index in [4.69, 9.17) is 28.9 Å². The van der Waals surface area contributed by atoms with Crippen molar-refractivity contribution < 1.29 is 9.59 Å². The molecule has 0 fully saturated rings. The Balaban J connectivity index is 1.85. The van der Waals surface area contributed by atoms with Crippen LogP contribution in [0.5, 0.6) is 0 Å². The van der Waals surface area contributed by atoms with Crippen LogP contribution in [0.25, 0.3) is 0 Å². The Hall–Kier alpha value is -1.97. The Labute approximate surface area is 152 Å². The summed E-state index contributed by atoms with van der Waals surface area (Å²) in [6.45, 7) is -0.142. The van der Waals surface area contributed by atoms with Crippen LogP contribution in [0.15, 0.2) is 23.4 Å². The fourth-order valence-corrected chi connectivity index (χ4v) is 2.90. The van der Waals surface area contributed by atoms with Gasteiger partial charge < -0.3 is 16.0 Å². The van der Waals surface area contributed by atoms with Gasteiger partial charge in [0.25, 0.3) is 0 Å². The number of nitrogens with one attached hydrogen (secondary N) is 2. The summed E-state index contributed by atoms with van der Waals surface area (Å²) in [4.78, 5) is 29.2. The molecule has 0 aliphatic heterocycles. The number of carbonyl (C=O) groups excluding carboxylic acids is 2. The monoisotopic (exact) mass is 388 g/mol. The van der Waals surface area contributed by atoms with Crippen molar-refractivity contribution in [3.8, 4) is 0 Å². The van der Waals surface area contributed by atoms with Gasteiger partial charge in [0.05, 0.1) is 28.0 Å². The maximum absolute atomic E-state index is 12.0. The van der Waals surface area contributed by atoms with Gasteiger partial charge in [-0.05, 0) is 12.1 Å². The highest BCUT2D eigenvalue weighted by Gasteiger charge is 2.16. The lowest BCUT2D eigenvalue weighted by Crippen LogP contribution is -2.36. The molecule has 0 bridgehead atoms. The average molecular weight is 389 g/mol. The second-order valence-electron chi connectivity index (χ2n) is 4.69. The second kappa shape index (κ2) is 8.22. The predicted molar refractivity (Wildman–Crippen MR) is 94.2 cm³/mol. The largest absolute Gasteiger partial charge is 0.368 e. The number of likely N-dealkylation sites (N-methyl/N-ethyl adjacent to an activating group) is 1. The van der Waals surface area contributed by atoms with E-state index in [1.807, 2.05) is 0 Å². The summed E-state index contributed by atoms with van der Waals surface area (Å²) in [5.41, 5.74) is 5.71. The van der Waals surface area contributed by atoms with Crippen molar-refractivity contribution in [2.45, 2.75) is 5.16 Å². The number of hydrogen-bond donors (Lipinski definition) is 3. The summed E-state index contributed by atoms with van der Waals surface area (Å²) in [6.07, 6.45) is 0. The molecule has 0 aliphatic carbocycles. The molecule has 8 nitrogen and oxygen atoms in total.